The van der Waals surface area contributed by atoms with Gasteiger partial charge in [-0.1, -0.05) is 32.1 Å². The highest BCUT2D eigenvalue weighted by molar-refractivity contribution is 6.03. The van der Waals surface area contributed by atoms with Crippen LogP contribution in [0.15, 0.2) is 42.1 Å². The molecule has 2 aliphatic carbocycles. The van der Waals surface area contributed by atoms with Crippen LogP contribution in [0.1, 0.15) is 38.7 Å². The molecular weight excluding hydrogens is 382 g/mol. The van der Waals surface area contributed by atoms with Crippen LogP contribution in [-0.4, -0.2) is 37.9 Å². The number of ether oxygens (including phenoxy) is 3. The molecule has 1 N–H and O–H groups in total. The summed E-state index contributed by atoms with van der Waals surface area (Å²) in [4.78, 5) is 24.8. The monoisotopic (exact) mass is 411 g/mol. The number of benzene rings is 1. The molecule has 4 rings (SSSR count). The number of rotatable bonds is 4. The van der Waals surface area contributed by atoms with Gasteiger partial charge in [0.2, 0.25) is 0 Å². The molecule has 6 heteroatoms. The fourth-order valence-corrected chi connectivity index (χ4v) is 5.19. The predicted octanol–water partition coefficient (Wildman–Crippen LogP) is 3.94. The Labute approximate surface area is 177 Å². The molecule has 3 aliphatic rings. The van der Waals surface area contributed by atoms with Crippen molar-refractivity contribution in [3.63, 3.8) is 0 Å². The SMILES string of the molecule is COC(=O)/C=C/c1cccc(NC2=CC[C@H]3[C@H](C)C4(CC[C@]3(C)C2=O)OCCO4)c1. The summed E-state index contributed by atoms with van der Waals surface area (Å²) in [7, 11) is 1.35. The molecule has 1 aliphatic heterocycles. The van der Waals surface area contributed by atoms with Gasteiger partial charge in [0.1, 0.15) is 0 Å². The highest BCUT2D eigenvalue weighted by Gasteiger charge is 2.58. The molecule has 0 unspecified atom stereocenters. The van der Waals surface area contributed by atoms with Crippen molar-refractivity contribution in [2.75, 3.05) is 25.6 Å². The van der Waals surface area contributed by atoms with Crippen LogP contribution in [-0.2, 0) is 23.8 Å². The lowest BCUT2D eigenvalue weighted by atomic mass is 9.55. The van der Waals surface area contributed by atoms with E-state index in [0.717, 1.165) is 30.5 Å². The molecule has 2 fully saturated rings. The number of allylic oxidation sites excluding steroid dienone is 2. The second kappa shape index (κ2) is 8.00. The molecule has 1 heterocycles. The van der Waals surface area contributed by atoms with Gasteiger partial charge < -0.3 is 19.5 Å². The second-order valence-electron chi connectivity index (χ2n) is 8.61. The third-order valence-corrected chi connectivity index (χ3v) is 7.00. The fourth-order valence-electron chi connectivity index (χ4n) is 5.19. The van der Waals surface area contributed by atoms with E-state index in [1.165, 1.54) is 13.2 Å². The Morgan fingerprint density at radius 2 is 2.03 bits per heavy atom. The molecule has 3 atom stereocenters. The van der Waals surface area contributed by atoms with Crippen molar-refractivity contribution in [2.24, 2.45) is 17.3 Å². The molecule has 1 saturated heterocycles. The number of esters is 1. The number of nitrogens with one attached hydrogen (secondary N) is 1. The summed E-state index contributed by atoms with van der Waals surface area (Å²) < 4.78 is 16.6. The Hall–Kier alpha value is -2.44. The number of methoxy groups -OCH3 is 1. The van der Waals surface area contributed by atoms with Gasteiger partial charge in [0.15, 0.2) is 11.6 Å². The molecule has 0 radical (unpaired) electrons. The molecule has 1 spiro atoms. The standard InChI is InChI=1S/C24H29NO5/c1-16-19-8-9-20(22(27)23(19,2)11-12-24(16)29-13-14-30-24)25-18-6-4-5-17(15-18)7-10-21(26)28-3/h4-7,9-10,15-16,19,25H,8,11-14H2,1-3H3/b10-7+/t16-,19-,23-/m0/s1. The highest BCUT2D eigenvalue weighted by atomic mass is 16.7. The summed E-state index contributed by atoms with van der Waals surface area (Å²) in [5, 5.41) is 3.31. The fraction of sp³-hybridized carbons (Fsp3) is 0.500. The minimum Gasteiger partial charge on any atom is -0.466 e. The molecule has 0 amide bonds. The molecule has 6 nitrogen and oxygen atoms in total. The van der Waals surface area contributed by atoms with Crippen LogP contribution in [0.3, 0.4) is 0 Å². The Morgan fingerprint density at radius 1 is 1.27 bits per heavy atom. The van der Waals surface area contributed by atoms with Crippen molar-refractivity contribution in [1.82, 2.24) is 0 Å². The minimum absolute atomic E-state index is 0.147. The topological polar surface area (TPSA) is 73.9 Å². The summed E-state index contributed by atoms with van der Waals surface area (Å²) in [6.07, 6.45) is 7.38. The Bertz CT molecular complexity index is 899. The van der Waals surface area contributed by atoms with Gasteiger partial charge >= 0.3 is 5.97 Å². The van der Waals surface area contributed by atoms with Crippen molar-refractivity contribution >= 4 is 23.5 Å². The van der Waals surface area contributed by atoms with Crippen molar-refractivity contribution in [3.05, 3.63) is 47.7 Å². The number of carbonyl (C=O) groups is 2. The first-order chi connectivity index (χ1) is 14.4. The smallest absolute Gasteiger partial charge is 0.330 e. The van der Waals surface area contributed by atoms with Gasteiger partial charge in [0, 0.05) is 29.5 Å². The van der Waals surface area contributed by atoms with E-state index in [9.17, 15) is 9.59 Å². The van der Waals surface area contributed by atoms with Gasteiger partial charge in [0.05, 0.1) is 26.0 Å². The number of hydrogen-bond donors (Lipinski definition) is 1. The zero-order chi connectivity index (χ0) is 21.4. The molecular formula is C24H29NO5. The summed E-state index contributed by atoms with van der Waals surface area (Å²) in [5.41, 5.74) is 1.87. The van der Waals surface area contributed by atoms with Gasteiger partial charge in [0.25, 0.3) is 0 Å². The van der Waals surface area contributed by atoms with E-state index in [0.29, 0.717) is 18.9 Å². The van der Waals surface area contributed by atoms with Crippen molar-refractivity contribution in [1.29, 1.82) is 0 Å². The third kappa shape index (κ3) is 3.59. The van der Waals surface area contributed by atoms with Crippen molar-refractivity contribution in [3.8, 4) is 0 Å². The molecule has 30 heavy (non-hydrogen) atoms. The van der Waals surface area contributed by atoms with Crippen LogP contribution in [0, 0.1) is 17.3 Å². The zero-order valence-corrected chi connectivity index (χ0v) is 17.8. The summed E-state index contributed by atoms with van der Waals surface area (Å²) >= 11 is 0. The maximum atomic E-state index is 13.5. The van der Waals surface area contributed by atoms with Crippen LogP contribution in [0.5, 0.6) is 0 Å². The lowest BCUT2D eigenvalue weighted by Crippen LogP contribution is -2.56. The molecule has 1 aromatic rings. The maximum absolute atomic E-state index is 13.5. The van der Waals surface area contributed by atoms with Crippen molar-refractivity contribution < 1.29 is 23.8 Å². The summed E-state index contributed by atoms with van der Waals surface area (Å²) in [6, 6.07) is 7.60. The number of carbonyl (C=O) groups excluding carboxylic acids is 2. The molecule has 160 valence electrons. The lowest BCUT2D eigenvalue weighted by Gasteiger charge is -2.52. The first-order valence-electron chi connectivity index (χ1n) is 10.5. The Kier molecular flexibility index (Phi) is 5.55. The van der Waals surface area contributed by atoms with E-state index >= 15 is 0 Å². The molecule has 0 bridgehead atoms. The zero-order valence-electron chi connectivity index (χ0n) is 17.8. The first kappa shape index (κ1) is 20.8. The molecule has 0 aromatic heterocycles. The maximum Gasteiger partial charge on any atom is 0.330 e. The van der Waals surface area contributed by atoms with Crippen LogP contribution in [0.25, 0.3) is 6.08 Å². The van der Waals surface area contributed by atoms with Crippen LogP contribution < -0.4 is 5.32 Å². The number of anilines is 1. The van der Waals surface area contributed by atoms with Gasteiger partial charge in [-0.05, 0) is 42.5 Å². The van der Waals surface area contributed by atoms with E-state index in [1.54, 1.807) is 6.08 Å². The van der Waals surface area contributed by atoms with Gasteiger partial charge in [-0.25, -0.2) is 4.79 Å². The normalized spacial score (nSPS) is 30.2. The summed E-state index contributed by atoms with van der Waals surface area (Å²) in [6.45, 7) is 5.50. The largest absolute Gasteiger partial charge is 0.466 e. The number of ketones is 1. The number of hydrogen-bond acceptors (Lipinski definition) is 6. The van der Waals surface area contributed by atoms with E-state index in [2.05, 4.69) is 23.9 Å². The second-order valence-corrected chi connectivity index (χ2v) is 8.61. The van der Waals surface area contributed by atoms with Crippen LogP contribution >= 0.6 is 0 Å². The predicted molar refractivity (Wildman–Crippen MR) is 113 cm³/mol. The van der Waals surface area contributed by atoms with Crippen LogP contribution in [0.2, 0.25) is 0 Å². The van der Waals surface area contributed by atoms with Gasteiger partial charge in [-0.3, -0.25) is 4.79 Å². The summed E-state index contributed by atoms with van der Waals surface area (Å²) in [5.74, 6) is -0.432. The Morgan fingerprint density at radius 3 is 2.77 bits per heavy atom. The van der Waals surface area contributed by atoms with E-state index in [-0.39, 0.29) is 17.6 Å². The van der Waals surface area contributed by atoms with Gasteiger partial charge in [-0.2, -0.15) is 0 Å². The lowest BCUT2D eigenvalue weighted by molar-refractivity contribution is -0.239. The van der Waals surface area contributed by atoms with Gasteiger partial charge in [-0.15, -0.1) is 0 Å². The Balaban J connectivity index is 1.53. The average Bonchev–Trinajstić information content (AvgIpc) is 3.23. The quantitative estimate of drug-likeness (QED) is 0.598. The molecule has 1 aromatic carbocycles. The average molecular weight is 411 g/mol. The van der Waals surface area contributed by atoms with Crippen LogP contribution in [0.4, 0.5) is 5.69 Å². The van der Waals surface area contributed by atoms with E-state index in [4.69, 9.17) is 9.47 Å². The number of fused-ring (bicyclic) bond motifs is 1. The highest BCUT2D eigenvalue weighted by Crippen LogP contribution is 2.55. The third-order valence-electron chi connectivity index (χ3n) is 7.00. The van der Waals surface area contributed by atoms with E-state index in [1.807, 2.05) is 30.3 Å². The van der Waals surface area contributed by atoms with E-state index < -0.39 is 17.2 Å². The first-order valence-corrected chi connectivity index (χ1v) is 10.5. The minimum atomic E-state index is -0.524. The molecule has 1 saturated carbocycles. The number of Topliss-reactive ketones (excluding diaryl/α,β-unsaturated/α-hetero) is 1. The van der Waals surface area contributed by atoms with Crippen molar-refractivity contribution in [2.45, 2.75) is 38.9 Å².